The van der Waals surface area contributed by atoms with Crippen molar-refractivity contribution >= 4 is 5.71 Å². The van der Waals surface area contributed by atoms with Gasteiger partial charge in [-0.3, -0.25) is 5.10 Å². The molecule has 6 heteroatoms. The number of benzene rings is 1. The molecule has 1 aromatic carbocycles. The van der Waals surface area contributed by atoms with E-state index in [4.69, 9.17) is 4.84 Å². The van der Waals surface area contributed by atoms with Crippen LogP contribution in [0.3, 0.4) is 0 Å². The summed E-state index contributed by atoms with van der Waals surface area (Å²) in [6, 6.07) is 7.78. The van der Waals surface area contributed by atoms with Gasteiger partial charge in [-0.05, 0) is 37.3 Å². The molecule has 1 heterocycles. The molecule has 0 atom stereocenters. The van der Waals surface area contributed by atoms with E-state index in [1.54, 1.807) is 11.0 Å². The van der Waals surface area contributed by atoms with E-state index < -0.39 is 0 Å². The van der Waals surface area contributed by atoms with Gasteiger partial charge in [0.15, 0.2) is 0 Å². The molecule has 87 valence electrons. The van der Waals surface area contributed by atoms with E-state index >= 15 is 0 Å². The van der Waals surface area contributed by atoms with Crippen LogP contribution in [0.2, 0.25) is 0 Å². The van der Waals surface area contributed by atoms with E-state index in [9.17, 15) is 0 Å². The Labute approximate surface area is 111 Å². The van der Waals surface area contributed by atoms with Crippen LogP contribution in [0.15, 0.2) is 35.7 Å². The fourth-order valence-electron chi connectivity index (χ4n) is 1.35. The van der Waals surface area contributed by atoms with Crippen LogP contribution in [0, 0.1) is 6.33 Å². The number of rotatable bonds is 3. The topological polar surface area (TPSA) is 52.3 Å². The molecule has 0 spiro atoms. The van der Waals surface area contributed by atoms with Gasteiger partial charge in [0.2, 0.25) is 0 Å². The molecule has 1 radical (unpaired) electrons. The Kier molecular flexibility index (Phi) is 4.93. The standard InChI is InChI=1S/C11H11N4O.V/c1-9(14-16-2)10-3-5-11(6-4-10)15-8-12-7-13-15;/h3-6,8H,1-2H3;/q-1;/b14-9+;. The van der Waals surface area contributed by atoms with Crippen LogP contribution in [0.5, 0.6) is 0 Å². The van der Waals surface area contributed by atoms with Crippen LogP contribution in [0.1, 0.15) is 12.5 Å². The van der Waals surface area contributed by atoms with Crippen molar-refractivity contribution in [3.63, 3.8) is 0 Å². The second kappa shape index (κ2) is 6.22. The number of hydrogen-bond donors (Lipinski definition) is 0. The fraction of sp³-hybridized carbons (Fsp3) is 0.182. The molecule has 0 aliphatic rings. The zero-order chi connectivity index (χ0) is 11.4. The molecular formula is C11H11N4OV-. The van der Waals surface area contributed by atoms with Crippen molar-refractivity contribution in [3.05, 3.63) is 42.5 Å². The first-order valence-corrected chi connectivity index (χ1v) is 4.77. The summed E-state index contributed by atoms with van der Waals surface area (Å²) in [6.45, 7) is 1.89. The Hall–Kier alpha value is -1.59. The summed E-state index contributed by atoms with van der Waals surface area (Å²) in [5, 5.41) is 7.79. The van der Waals surface area contributed by atoms with E-state index in [-0.39, 0.29) is 18.6 Å². The fourth-order valence-corrected chi connectivity index (χ4v) is 1.35. The van der Waals surface area contributed by atoms with Gasteiger partial charge in [0.05, 0.1) is 5.71 Å². The van der Waals surface area contributed by atoms with Crippen LogP contribution >= 0.6 is 0 Å². The van der Waals surface area contributed by atoms with Crippen LogP contribution in [0.25, 0.3) is 5.69 Å². The Morgan fingerprint density at radius 3 is 2.59 bits per heavy atom. The van der Waals surface area contributed by atoms with Gasteiger partial charge in [0, 0.05) is 24.2 Å². The van der Waals surface area contributed by atoms with Crippen molar-refractivity contribution in [2.75, 3.05) is 7.11 Å². The summed E-state index contributed by atoms with van der Waals surface area (Å²) in [6.07, 6.45) is 4.11. The summed E-state index contributed by atoms with van der Waals surface area (Å²) >= 11 is 0. The molecule has 17 heavy (non-hydrogen) atoms. The van der Waals surface area contributed by atoms with Crippen LogP contribution in [-0.2, 0) is 23.4 Å². The Morgan fingerprint density at radius 1 is 1.35 bits per heavy atom. The number of aromatic nitrogens is 3. The molecule has 0 bridgehead atoms. The Balaban J connectivity index is 0.00000144. The monoisotopic (exact) mass is 266 g/mol. The molecule has 0 amide bonds. The SMILES string of the molecule is CO/N=C(\C)c1ccc(-n2cn[c-]n2)cc1.[V]. The minimum Gasteiger partial charge on any atom is -0.420 e. The molecule has 0 aliphatic carbocycles. The first kappa shape index (κ1) is 13.5. The van der Waals surface area contributed by atoms with Gasteiger partial charge in [-0.15, -0.1) is 0 Å². The predicted octanol–water partition coefficient (Wildman–Crippen LogP) is 1.44. The molecule has 5 nitrogen and oxygen atoms in total. The van der Waals surface area contributed by atoms with Gasteiger partial charge in [0.1, 0.15) is 7.11 Å². The van der Waals surface area contributed by atoms with Crippen molar-refractivity contribution in [3.8, 4) is 5.69 Å². The second-order valence-corrected chi connectivity index (χ2v) is 3.20. The van der Waals surface area contributed by atoms with Gasteiger partial charge >= 0.3 is 0 Å². The summed E-state index contributed by atoms with van der Waals surface area (Å²) in [5.41, 5.74) is 2.77. The number of nitrogens with zero attached hydrogens (tertiary/aromatic N) is 4. The van der Waals surface area contributed by atoms with Crippen molar-refractivity contribution in [2.45, 2.75) is 6.92 Å². The van der Waals surface area contributed by atoms with Gasteiger partial charge < -0.3 is 14.5 Å². The van der Waals surface area contributed by atoms with Crippen molar-refractivity contribution in [1.82, 2.24) is 14.8 Å². The van der Waals surface area contributed by atoms with Crippen molar-refractivity contribution in [1.29, 1.82) is 0 Å². The average molecular weight is 266 g/mol. The summed E-state index contributed by atoms with van der Waals surface area (Å²) < 4.78 is 1.65. The number of oxime groups is 1. The maximum Gasteiger partial charge on any atom is 0.106 e. The molecule has 0 unspecified atom stereocenters. The molecule has 2 aromatic rings. The molecule has 2 rings (SSSR count). The van der Waals surface area contributed by atoms with E-state index in [0.717, 1.165) is 17.0 Å². The molecule has 1 aromatic heterocycles. The molecule has 0 fully saturated rings. The van der Waals surface area contributed by atoms with E-state index in [2.05, 4.69) is 21.6 Å². The van der Waals surface area contributed by atoms with Gasteiger partial charge in [-0.1, -0.05) is 17.3 Å². The maximum atomic E-state index is 4.72. The normalized spacial score (nSPS) is 10.8. The van der Waals surface area contributed by atoms with Crippen LogP contribution < -0.4 is 0 Å². The summed E-state index contributed by atoms with van der Waals surface area (Å²) in [4.78, 5) is 8.48. The Bertz CT molecular complexity index is 479. The van der Waals surface area contributed by atoms with Gasteiger partial charge in [-0.2, -0.15) is 0 Å². The van der Waals surface area contributed by atoms with Crippen LogP contribution in [0.4, 0.5) is 0 Å². The molecule has 0 N–H and O–H groups in total. The Morgan fingerprint density at radius 2 is 2.06 bits per heavy atom. The number of hydrogen-bond acceptors (Lipinski definition) is 4. The zero-order valence-electron chi connectivity index (χ0n) is 9.53. The predicted molar refractivity (Wildman–Crippen MR) is 59.4 cm³/mol. The third-order valence-electron chi connectivity index (χ3n) is 2.16. The summed E-state index contributed by atoms with van der Waals surface area (Å²) in [7, 11) is 1.53. The average Bonchev–Trinajstić information content (AvgIpc) is 2.83. The minimum atomic E-state index is 0. The molecule has 0 aliphatic heterocycles. The largest absolute Gasteiger partial charge is 0.420 e. The molecule has 0 saturated carbocycles. The van der Waals surface area contributed by atoms with Gasteiger partial charge in [0.25, 0.3) is 0 Å². The maximum absolute atomic E-state index is 4.72. The van der Waals surface area contributed by atoms with Crippen LogP contribution in [-0.4, -0.2) is 27.6 Å². The third kappa shape index (κ3) is 3.18. The smallest absolute Gasteiger partial charge is 0.106 e. The van der Waals surface area contributed by atoms with Crippen molar-refractivity contribution in [2.24, 2.45) is 5.16 Å². The zero-order valence-corrected chi connectivity index (χ0v) is 10.9. The van der Waals surface area contributed by atoms with E-state index in [1.807, 2.05) is 31.2 Å². The van der Waals surface area contributed by atoms with E-state index in [1.165, 1.54) is 7.11 Å². The first-order valence-electron chi connectivity index (χ1n) is 4.77. The van der Waals surface area contributed by atoms with Gasteiger partial charge in [-0.25, -0.2) is 0 Å². The third-order valence-corrected chi connectivity index (χ3v) is 2.16. The quantitative estimate of drug-likeness (QED) is 0.480. The van der Waals surface area contributed by atoms with E-state index in [0.29, 0.717) is 0 Å². The molecular weight excluding hydrogens is 255 g/mol. The second-order valence-electron chi connectivity index (χ2n) is 3.20. The minimum absolute atomic E-state index is 0. The summed E-state index contributed by atoms with van der Waals surface area (Å²) in [5.74, 6) is 0. The first-order chi connectivity index (χ1) is 7.81. The van der Waals surface area contributed by atoms with Crippen molar-refractivity contribution < 1.29 is 23.4 Å². The molecule has 0 saturated heterocycles.